The van der Waals surface area contributed by atoms with Crippen molar-refractivity contribution in [3.8, 4) is 0 Å². The Morgan fingerprint density at radius 1 is 1.14 bits per heavy atom. The molecule has 0 spiro atoms. The molecule has 2 aromatic carbocycles. The van der Waals surface area contributed by atoms with Gasteiger partial charge in [-0.1, -0.05) is 54.6 Å². The molecule has 3 aromatic rings. The third-order valence-electron chi connectivity index (χ3n) is 4.33. The molecule has 0 aliphatic heterocycles. The van der Waals surface area contributed by atoms with Crippen LogP contribution in [0.5, 0.6) is 0 Å². The number of nitrogens with zero attached hydrogens (tertiary/aromatic N) is 3. The maximum atomic E-state index is 13.1. The van der Waals surface area contributed by atoms with Gasteiger partial charge in [0.2, 0.25) is 5.91 Å². The highest BCUT2D eigenvalue weighted by molar-refractivity contribution is 5.96. The van der Waals surface area contributed by atoms with Gasteiger partial charge in [0.1, 0.15) is 11.9 Å². The van der Waals surface area contributed by atoms with Gasteiger partial charge in [-0.3, -0.25) is 9.59 Å². The van der Waals surface area contributed by atoms with Crippen LogP contribution in [0.1, 0.15) is 40.3 Å². The molecule has 7 nitrogen and oxygen atoms in total. The van der Waals surface area contributed by atoms with Gasteiger partial charge in [-0.05, 0) is 29.7 Å². The molecule has 3 rings (SSSR count). The molecule has 8 heteroatoms. The summed E-state index contributed by atoms with van der Waals surface area (Å²) >= 11 is 0. The molecule has 0 saturated heterocycles. The van der Waals surface area contributed by atoms with Crippen molar-refractivity contribution in [1.82, 2.24) is 20.3 Å². The number of amides is 2. The highest BCUT2D eigenvalue weighted by Gasteiger charge is 2.25. The number of aromatic nitrogens is 3. The fourth-order valence-corrected chi connectivity index (χ4v) is 2.91. The molecular weight excluding hydrogens is 361 g/mol. The molecule has 0 saturated carbocycles. The Balaban J connectivity index is 1.82. The lowest BCUT2D eigenvalue weighted by Gasteiger charge is -2.15. The van der Waals surface area contributed by atoms with Gasteiger partial charge < -0.3 is 11.1 Å². The van der Waals surface area contributed by atoms with Gasteiger partial charge >= 0.3 is 0 Å². The molecule has 0 fully saturated rings. The third-order valence-corrected chi connectivity index (χ3v) is 4.33. The lowest BCUT2D eigenvalue weighted by atomic mass is 10.1. The quantitative estimate of drug-likeness (QED) is 0.653. The van der Waals surface area contributed by atoms with Crippen molar-refractivity contribution in [3.05, 3.63) is 82.9 Å². The highest BCUT2D eigenvalue weighted by atomic mass is 19.1. The van der Waals surface area contributed by atoms with E-state index in [4.69, 9.17) is 5.73 Å². The summed E-state index contributed by atoms with van der Waals surface area (Å²) < 4.78 is 14.7. The van der Waals surface area contributed by atoms with E-state index in [1.54, 1.807) is 47.1 Å². The van der Waals surface area contributed by atoms with Crippen LogP contribution in [-0.2, 0) is 17.8 Å². The molecular formula is C20H20FN5O2. The molecule has 0 radical (unpaired) electrons. The van der Waals surface area contributed by atoms with Crippen molar-refractivity contribution in [2.75, 3.05) is 0 Å². The first-order valence-corrected chi connectivity index (χ1v) is 8.81. The van der Waals surface area contributed by atoms with E-state index in [-0.39, 0.29) is 11.5 Å². The minimum atomic E-state index is -0.972. The summed E-state index contributed by atoms with van der Waals surface area (Å²) in [5.74, 6) is -1.53. The van der Waals surface area contributed by atoms with Crippen LogP contribution < -0.4 is 11.1 Å². The molecule has 1 aromatic heterocycles. The SMILES string of the molecule is CCc1c(C(=O)NC(C(N)=O)c2ccccc2)nnn1Cc1ccc(F)cc1. The zero-order valence-corrected chi connectivity index (χ0v) is 15.3. The standard InChI is InChI=1S/C20H20FN5O2/c1-2-16-18(24-25-26(16)12-13-8-10-15(21)11-9-13)20(28)23-17(19(22)27)14-6-4-3-5-7-14/h3-11,17H,2,12H2,1H3,(H2,22,27)(H,23,28). The van der Waals surface area contributed by atoms with Crippen LogP contribution in [0.25, 0.3) is 0 Å². The molecule has 144 valence electrons. The van der Waals surface area contributed by atoms with E-state index in [1.807, 2.05) is 6.92 Å². The number of carbonyl (C=O) groups excluding carboxylic acids is 2. The van der Waals surface area contributed by atoms with Crippen molar-refractivity contribution in [1.29, 1.82) is 0 Å². The smallest absolute Gasteiger partial charge is 0.274 e. The van der Waals surface area contributed by atoms with Crippen molar-refractivity contribution in [3.63, 3.8) is 0 Å². The highest BCUT2D eigenvalue weighted by Crippen LogP contribution is 2.15. The first-order valence-electron chi connectivity index (χ1n) is 8.81. The van der Waals surface area contributed by atoms with Crippen LogP contribution >= 0.6 is 0 Å². The lowest BCUT2D eigenvalue weighted by Crippen LogP contribution is -2.38. The summed E-state index contributed by atoms with van der Waals surface area (Å²) in [7, 11) is 0. The molecule has 0 aliphatic rings. The van der Waals surface area contributed by atoms with Crippen molar-refractivity contribution < 1.29 is 14.0 Å². The van der Waals surface area contributed by atoms with E-state index in [9.17, 15) is 14.0 Å². The number of halogens is 1. The number of nitrogens with two attached hydrogens (primary N) is 1. The fourth-order valence-electron chi connectivity index (χ4n) is 2.91. The summed E-state index contributed by atoms with van der Waals surface area (Å²) in [6.07, 6.45) is 0.503. The maximum Gasteiger partial charge on any atom is 0.274 e. The molecule has 1 heterocycles. The summed E-state index contributed by atoms with van der Waals surface area (Å²) in [6, 6.07) is 13.8. The van der Waals surface area contributed by atoms with E-state index in [0.717, 1.165) is 5.56 Å². The second-order valence-corrected chi connectivity index (χ2v) is 6.24. The minimum absolute atomic E-state index is 0.131. The predicted molar refractivity (Wildman–Crippen MR) is 101 cm³/mol. The normalized spacial score (nSPS) is 11.8. The molecule has 0 bridgehead atoms. The topological polar surface area (TPSA) is 103 Å². The van der Waals surface area contributed by atoms with E-state index in [0.29, 0.717) is 24.2 Å². The zero-order chi connectivity index (χ0) is 20.1. The number of benzene rings is 2. The van der Waals surface area contributed by atoms with Gasteiger partial charge in [-0.25, -0.2) is 9.07 Å². The molecule has 3 N–H and O–H groups in total. The number of hydrogen-bond acceptors (Lipinski definition) is 4. The Bertz CT molecular complexity index is 970. The van der Waals surface area contributed by atoms with Crippen LogP contribution in [0.3, 0.4) is 0 Å². The predicted octanol–water partition coefficient (Wildman–Crippen LogP) is 1.98. The number of primary amides is 1. The number of rotatable bonds is 7. The van der Waals surface area contributed by atoms with Gasteiger partial charge in [0.05, 0.1) is 12.2 Å². The lowest BCUT2D eigenvalue weighted by molar-refractivity contribution is -0.120. The number of nitrogens with one attached hydrogen (secondary N) is 1. The van der Waals surface area contributed by atoms with Crippen LogP contribution in [0.2, 0.25) is 0 Å². The van der Waals surface area contributed by atoms with Crippen molar-refractivity contribution >= 4 is 11.8 Å². The molecule has 2 amide bonds. The molecule has 1 unspecified atom stereocenters. The van der Waals surface area contributed by atoms with Crippen LogP contribution in [0, 0.1) is 5.82 Å². The largest absolute Gasteiger partial charge is 0.368 e. The molecule has 0 aliphatic carbocycles. The van der Waals surface area contributed by atoms with Gasteiger partial charge in [-0.15, -0.1) is 5.10 Å². The Hall–Kier alpha value is -3.55. The van der Waals surface area contributed by atoms with Crippen LogP contribution in [0.15, 0.2) is 54.6 Å². The first kappa shape index (κ1) is 19.2. The summed E-state index contributed by atoms with van der Waals surface area (Å²) in [6.45, 7) is 2.22. The van der Waals surface area contributed by atoms with E-state index in [1.165, 1.54) is 12.1 Å². The fraction of sp³-hybridized carbons (Fsp3) is 0.200. The van der Waals surface area contributed by atoms with Crippen molar-refractivity contribution in [2.45, 2.75) is 25.9 Å². The van der Waals surface area contributed by atoms with Gasteiger partial charge in [0, 0.05) is 0 Å². The van der Waals surface area contributed by atoms with Crippen molar-refractivity contribution in [2.24, 2.45) is 5.73 Å². The Labute approximate surface area is 161 Å². The first-order chi connectivity index (χ1) is 13.5. The van der Waals surface area contributed by atoms with E-state index < -0.39 is 17.9 Å². The van der Waals surface area contributed by atoms with E-state index in [2.05, 4.69) is 15.6 Å². The monoisotopic (exact) mass is 381 g/mol. The van der Waals surface area contributed by atoms with Gasteiger partial charge in [-0.2, -0.15) is 0 Å². The summed E-state index contributed by atoms with van der Waals surface area (Å²) in [5.41, 5.74) is 7.61. The second-order valence-electron chi connectivity index (χ2n) is 6.24. The Morgan fingerprint density at radius 2 is 1.82 bits per heavy atom. The summed E-state index contributed by atoms with van der Waals surface area (Å²) in [4.78, 5) is 24.6. The Morgan fingerprint density at radius 3 is 2.43 bits per heavy atom. The maximum absolute atomic E-state index is 13.1. The zero-order valence-electron chi connectivity index (χ0n) is 15.3. The number of carbonyl (C=O) groups is 2. The minimum Gasteiger partial charge on any atom is -0.368 e. The van der Waals surface area contributed by atoms with Crippen LogP contribution in [-0.4, -0.2) is 26.8 Å². The summed E-state index contributed by atoms with van der Waals surface area (Å²) in [5, 5.41) is 10.7. The van der Waals surface area contributed by atoms with Gasteiger partial charge in [0.25, 0.3) is 5.91 Å². The van der Waals surface area contributed by atoms with E-state index >= 15 is 0 Å². The molecule has 28 heavy (non-hydrogen) atoms. The Kier molecular flexibility index (Phi) is 5.78. The van der Waals surface area contributed by atoms with Gasteiger partial charge in [0.15, 0.2) is 5.69 Å². The number of hydrogen-bond donors (Lipinski definition) is 2. The average molecular weight is 381 g/mol. The van der Waals surface area contributed by atoms with Crippen LogP contribution in [0.4, 0.5) is 4.39 Å². The third kappa shape index (κ3) is 4.22. The second kappa shape index (κ2) is 8.43. The molecule has 1 atom stereocenters. The average Bonchev–Trinajstić information content (AvgIpc) is 3.10.